The maximum absolute atomic E-state index is 11.3. The Hall–Kier alpha value is -0.570. The number of hydrogen-bond donors (Lipinski definition) is 1. The zero-order chi connectivity index (χ0) is 10.3. The molecule has 0 aromatic carbocycles. The van der Waals surface area contributed by atoms with Gasteiger partial charge in [0, 0.05) is 12.6 Å². The van der Waals surface area contributed by atoms with E-state index in [2.05, 4.69) is 6.92 Å². The van der Waals surface area contributed by atoms with Gasteiger partial charge in [0.05, 0.1) is 6.54 Å². The molecule has 0 saturated heterocycles. The molecule has 0 saturated carbocycles. The third kappa shape index (κ3) is 4.88. The fourth-order valence-electron chi connectivity index (χ4n) is 1.32. The summed E-state index contributed by atoms with van der Waals surface area (Å²) in [4.78, 5) is 13.2. The van der Waals surface area contributed by atoms with Crippen molar-refractivity contribution in [2.75, 3.05) is 13.1 Å². The number of unbranched alkanes of at least 4 members (excludes halogenated alkanes) is 2. The van der Waals surface area contributed by atoms with Crippen LogP contribution in [0.3, 0.4) is 0 Å². The van der Waals surface area contributed by atoms with Crippen LogP contribution in [0.1, 0.15) is 40.0 Å². The highest BCUT2D eigenvalue weighted by molar-refractivity contribution is 5.78. The fraction of sp³-hybridized carbons (Fsp3) is 0.900. The number of amides is 1. The molecule has 2 N–H and O–H groups in total. The maximum atomic E-state index is 11.3. The van der Waals surface area contributed by atoms with Gasteiger partial charge in [-0.3, -0.25) is 4.79 Å². The molecule has 0 heterocycles. The minimum absolute atomic E-state index is 0.0612. The van der Waals surface area contributed by atoms with Crippen molar-refractivity contribution in [2.24, 2.45) is 5.73 Å². The predicted molar refractivity (Wildman–Crippen MR) is 55.4 cm³/mol. The van der Waals surface area contributed by atoms with E-state index < -0.39 is 0 Å². The minimum Gasteiger partial charge on any atom is -0.339 e. The first-order valence-electron chi connectivity index (χ1n) is 5.13. The third-order valence-corrected chi connectivity index (χ3v) is 2.12. The normalized spacial score (nSPS) is 10.5. The number of nitrogens with zero attached hydrogens (tertiary/aromatic N) is 1. The van der Waals surface area contributed by atoms with Crippen molar-refractivity contribution < 1.29 is 4.79 Å². The molecule has 3 heteroatoms. The molecular formula is C10H22N2O. The highest BCUT2D eigenvalue weighted by atomic mass is 16.2. The van der Waals surface area contributed by atoms with Crippen LogP contribution in [-0.2, 0) is 4.79 Å². The van der Waals surface area contributed by atoms with Gasteiger partial charge < -0.3 is 10.6 Å². The second kappa shape index (κ2) is 6.89. The predicted octanol–water partition coefficient (Wildman–Crippen LogP) is 1.37. The van der Waals surface area contributed by atoms with Gasteiger partial charge in [-0.25, -0.2) is 0 Å². The van der Waals surface area contributed by atoms with Gasteiger partial charge in [-0.15, -0.1) is 0 Å². The summed E-state index contributed by atoms with van der Waals surface area (Å²) < 4.78 is 0. The van der Waals surface area contributed by atoms with Crippen molar-refractivity contribution in [1.82, 2.24) is 4.90 Å². The Morgan fingerprint density at radius 2 is 2.00 bits per heavy atom. The topological polar surface area (TPSA) is 46.3 Å². The van der Waals surface area contributed by atoms with Crippen LogP contribution in [0.15, 0.2) is 0 Å². The second-order valence-electron chi connectivity index (χ2n) is 3.59. The molecule has 0 radical (unpaired) electrons. The molecule has 0 aromatic heterocycles. The number of carbonyl (C=O) groups excluding carboxylic acids is 1. The summed E-state index contributed by atoms with van der Waals surface area (Å²) >= 11 is 0. The first-order valence-corrected chi connectivity index (χ1v) is 5.13. The Kier molecular flexibility index (Phi) is 6.59. The monoisotopic (exact) mass is 186 g/mol. The van der Waals surface area contributed by atoms with E-state index >= 15 is 0 Å². The third-order valence-electron chi connectivity index (χ3n) is 2.12. The largest absolute Gasteiger partial charge is 0.339 e. The molecule has 0 rings (SSSR count). The fourth-order valence-corrected chi connectivity index (χ4v) is 1.32. The van der Waals surface area contributed by atoms with Gasteiger partial charge in [-0.05, 0) is 20.3 Å². The van der Waals surface area contributed by atoms with Crippen LogP contribution in [0.5, 0.6) is 0 Å². The van der Waals surface area contributed by atoms with Crippen molar-refractivity contribution in [1.29, 1.82) is 0 Å². The van der Waals surface area contributed by atoms with E-state index in [1.54, 1.807) is 0 Å². The highest BCUT2D eigenvalue weighted by Gasteiger charge is 2.13. The van der Waals surface area contributed by atoms with Crippen LogP contribution in [0, 0.1) is 0 Å². The van der Waals surface area contributed by atoms with Crippen LogP contribution in [0.4, 0.5) is 0 Å². The van der Waals surface area contributed by atoms with Gasteiger partial charge in [-0.2, -0.15) is 0 Å². The van der Waals surface area contributed by atoms with E-state index in [0.29, 0.717) is 0 Å². The molecule has 0 bridgehead atoms. The molecular weight excluding hydrogens is 164 g/mol. The van der Waals surface area contributed by atoms with Crippen molar-refractivity contribution in [3.63, 3.8) is 0 Å². The van der Waals surface area contributed by atoms with Gasteiger partial charge in [0.25, 0.3) is 0 Å². The Morgan fingerprint density at radius 3 is 2.38 bits per heavy atom. The molecule has 13 heavy (non-hydrogen) atoms. The molecule has 78 valence electrons. The zero-order valence-corrected chi connectivity index (χ0v) is 9.05. The molecule has 0 aromatic rings. The maximum Gasteiger partial charge on any atom is 0.236 e. The lowest BCUT2D eigenvalue weighted by Gasteiger charge is -2.26. The van der Waals surface area contributed by atoms with E-state index in [4.69, 9.17) is 5.73 Å². The van der Waals surface area contributed by atoms with Gasteiger partial charge in [0.2, 0.25) is 5.91 Å². The first kappa shape index (κ1) is 12.4. The van der Waals surface area contributed by atoms with E-state index in [-0.39, 0.29) is 18.5 Å². The minimum atomic E-state index is 0.0612. The smallest absolute Gasteiger partial charge is 0.236 e. The van der Waals surface area contributed by atoms with Crippen LogP contribution < -0.4 is 5.73 Å². The summed E-state index contributed by atoms with van der Waals surface area (Å²) in [5, 5.41) is 0. The number of rotatable bonds is 6. The lowest BCUT2D eigenvalue weighted by atomic mass is 10.2. The Morgan fingerprint density at radius 1 is 1.38 bits per heavy atom. The van der Waals surface area contributed by atoms with Crippen LogP contribution in [0.25, 0.3) is 0 Å². The van der Waals surface area contributed by atoms with Crippen molar-refractivity contribution in [2.45, 2.75) is 46.1 Å². The van der Waals surface area contributed by atoms with E-state index in [1.165, 1.54) is 12.8 Å². The van der Waals surface area contributed by atoms with E-state index in [1.807, 2.05) is 18.7 Å². The molecule has 0 unspecified atom stereocenters. The summed E-state index contributed by atoms with van der Waals surface area (Å²) in [5.74, 6) is 0.0612. The molecule has 0 aliphatic heterocycles. The Bertz CT molecular complexity index is 146. The standard InChI is InChI=1S/C10H22N2O/c1-4-5-6-7-12(9(2)3)10(13)8-11/h9H,4-8,11H2,1-3H3. The molecule has 0 spiro atoms. The first-order chi connectivity index (χ1) is 6.13. The molecule has 0 aliphatic rings. The van der Waals surface area contributed by atoms with Crippen molar-refractivity contribution >= 4 is 5.91 Å². The summed E-state index contributed by atoms with van der Waals surface area (Å²) in [7, 11) is 0. The molecule has 0 fully saturated rings. The average Bonchev–Trinajstić information content (AvgIpc) is 2.11. The lowest BCUT2D eigenvalue weighted by molar-refractivity contribution is -0.131. The lowest BCUT2D eigenvalue weighted by Crippen LogP contribution is -2.41. The number of hydrogen-bond acceptors (Lipinski definition) is 2. The average molecular weight is 186 g/mol. The summed E-state index contributed by atoms with van der Waals surface area (Å²) in [6.45, 7) is 7.19. The van der Waals surface area contributed by atoms with Gasteiger partial charge in [0.1, 0.15) is 0 Å². The van der Waals surface area contributed by atoms with E-state index in [9.17, 15) is 4.79 Å². The SMILES string of the molecule is CCCCCN(C(=O)CN)C(C)C. The number of carbonyl (C=O) groups is 1. The van der Waals surface area contributed by atoms with Gasteiger partial charge >= 0.3 is 0 Å². The van der Waals surface area contributed by atoms with Crippen LogP contribution in [0.2, 0.25) is 0 Å². The number of nitrogens with two attached hydrogens (primary N) is 1. The molecule has 0 atom stereocenters. The van der Waals surface area contributed by atoms with Crippen LogP contribution in [-0.4, -0.2) is 29.9 Å². The van der Waals surface area contributed by atoms with Gasteiger partial charge in [-0.1, -0.05) is 19.8 Å². The van der Waals surface area contributed by atoms with E-state index in [0.717, 1.165) is 13.0 Å². The zero-order valence-electron chi connectivity index (χ0n) is 9.05. The van der Waals surface area contributed by atoms with Gasteiger partial charge in [0.15, 0.2) is 0 Å². The second-order valence-corrected chi connectivity index (χ2v) is 3.59. The Balaban J connectivity index is 3.88. The molecule has 3 nitrogen and oxygen atoms in total. The molecule has 1 amide bonds. The molecule has 0 aliphatic carbocycles. The summed E-state index contributed by atoms with van der Waals surface area (Å²) in [5.41, 5.74) is 5.32. The highest BCUT2D eigenvalue weighted by Crippen LogP contribution is 2.03. The van der Waals surface area contributed by atoms with Crippen molar-refractivity contribution in [3.05, 3.63) is 0 Å². The summed E-state index contributed by atoms with van der Waals surface area (Å²) in [6, 6.07) is 0.271. The Labute approximate surface area is 81.3 Å². The quantitative estimate of drug-likeness (QED) is 0.637. The summed E-state index contributed by atoms with van der Waals surface area (Å²) in [6.07, 6.45) is 3.45. The van der Waals surface area contributed by atoms with Crippen LogP contribution >= 0.6 is 0 Å². The van der Waals surface area contributed by atoms with Crippen molar-refractivity contribution in [3.8, 4) is 0 Å².